The van der Waals surface area contributed by atoms with E-state index < -0.39 is 0 Å². The van der Waals surface area contributed by atoms with E-state index in [2.05, 4.69) is 0 Å². The molecule has 2 N–H and O–H groups in total. The molecule has 0 aliphatic rings. The summed E-state index contributed by atoms with van der Waals surface area (Å²) in [5, 5.41) is 18.3. The smallest absolute Gasteiger partial charge is 0.119 e. The second-order valence-corrected chi connectivity index (χ2v) is 3.09. The number of benzene rings is 1. The Balaban J connectivity index is 3.24. The zero-order valence-corrected chi connectivity index (χ0v) is 8.58. The number of methoxy groups -OCH3 is 1. The van der Waals surface area contributed by atoms with Crippen LogP contribution in [-0.2, 0) is 19.6 Å². The average molecular weight is 196 g/mol. The molecule has 0 aliphatic heterocycles. The summed E-state index contributed by atoms with van der Waals surface area (Å²) in [7, 11) is 1.57. The molecule has 14 heavy (non-hydrogen) atoms. The normalized spacial score (nSPS) is 10.3. The lowest BCUT2D eigenvalue weighted by Gasteiger charge is -2.12. The molecule has 0 amide bonds. The van der Waals surface area contributed by atoms with Crippen LogP contribution in [0.4, 0.5) is 0 Å². The van der Waals surface area contributed by atoms with Gasteiger partial charge in [-0.05, 0) is 35.2 Å². The number of rotatable bonds is 4. The molecule has 0 saturated carbocycles. The van der Waals surface area contributed by atoms with Crippen LogP contribution in [0.15, 0.2) is 12.1 Å². The number of hydrogen-bond donors (Lipinski definition) is 2. The maximum Gasteiger partial charge on any atom is 0.119 e. The van der Waals surface area contributed by atoms with Gasteiger partial charge in [0.05, 0.1) is 20.3 Å². The van der Waals surface area contributed by atoms with Gasteiger partial charge < -0.3 is 14.9 Å². The van der Waals surface area contributed by atoms with E-state index in [0.29, 0.717) is 5.75 Å². The van der Waals surface area contributed by atoms with E-state index in [-0.39, 0.29) is 13.2 Å². The Labute approximate surface area is 84.0 Å². The Morgan fingerprint density at radius 3 is 1.93 bits per heavy atom. The van der Waals surface area contributed by atoms with E-state index in [9.17, 15) is 0 Å². The third-order valence-corrected chi connectivity index (χ3v) is 2.34. The summed E-state index contributed by atoms with van der Waals surface area (Å²) in [5.74, 6) is 0.676. The minimum absolute atomic E-state index is 0.0205. The van der Waals surface area contributed by atoms with Gasteiger partial charge in [0.2, 0.25) is 0 Å². The second kappa shape index (κ2) is 4.98. The fraction of sp³-hybridized carbons (Fsp3) is 0.455. The summed E-state index contributed by atoms with van der Waals surface area (Å²) < 4.78 is 5.08. The molecular formula is C11H16O3. The number of aliphatic hydroxyl groups excluding tert-OH is 2. The van der Waals surface area contributed by atoms with Crippen molar-refractivity contribution in [2.24, 2.45) is 0 Å². The highest BCUT2D eigenvalue weighted by molar-refractivity contribution is 5.41. The Hall–Kier alpha value is -1.06. The van der Waals surface area contributed by atoms with E-state index in [1.807, 2.05) is 6.92 Å². The zero-order chi connectivity index (χ0) is 10.6. The van der Waals surface area contributed by atoms with Gasteiger partial charge in [-0.15, -0.1) is 0 Å². The van der Waals surface area contributed by atoms with Crippen LogP contribution in [-0.4, -0.2) is 17.3 Å². The molecule has 0 fully saturated rings. The van der Waals surface area contributed by atoms with Crippen molar-refractivity contribution < 1.29 is 14.9 Å². The molecule has 1 aromatic carbocycles. The molecule has 0 radical (unpaired) electrons. The van der Waals surface area contributed by atoms with Crippen molar-refractivity contribution in [2.75, 3.05) is 7.11 Å². The fourth-order valence-corrected chi connectivity index (χ4v) is 1.62. The molecule has 0 aromatic heterocycles. The standard InChI is InChI=1S/C11H16O3/c1-3-11-8(6-12)4-10(14-2)5-9(11)7-13/h4-5,12-13H,3,6-7H2,1-2H3. The molecule has 78 valence electrons. The molecule has 0 heterocycles. The summed E-state index contributed by atoms with van der Waals surface area (Å²) in [6.45, 7) is 1.96. The quantitative estimate of drug-likeness (QED) is 0.761. The Kier molecular flexibility index (Phi) is 3.92. The van der Waals surface area contributed by atoms with E-state index in [1.165, 1.54) is 0 Å². The topological polar surface area (TPSA) is 49.7 Å². The molecule has 3 heteroatoms. The van der Waals surface area contributed by atoms with Crippen molar-refractivity contribution in [3.05, 3.63) is 28.8 Å². The van der Waals surface area contributed by atoms with Gasteiger partial charge in [0.15, 0.2) is 0 Å². The highest BCUT2D eigenvalue weighted by atomic mass is 16.5. The molecule has 0 saturated heterocycles. The van der Waals surface area contributed by atoms with Crippen LogP contribution in [0.1, 0.15) is 23.6 Å². The van der Waals surface area contributed by atoms with Crippen LogP contribution in [0, 0.1) is 0 Å². The first kappa shape index (κ1) is 11.0. The van der Waals surface area contributed by atoms with Crippen molar-refractivity contribution in [1.82, 2.24) is 0 Å². The van der Waals surface area contributed by atoms with E-state index in [0.717, 1.165) is 23.1 Å². The van der Waals surface area contributed by atoms with Gasteiger partial charge >= 0.3 is 0 Å². The zero-order valence-electron chi connectivity index (χ0n) is 8.58. The van der Waals surface area contributed by atoms with Crippen molar-refractivity contribution in [3.63, 3.8) is 0 Å². The minimum Gasteiger partial charge on any atom is -0.497 e. The third kappa shape index (κ3) is 2.05. The lowest BCUT2D eigenvalue weighted by molar-refractivity contribution is 0.271. The van der Waals surface area contributed by atoms with Gasteiger partial charge in [-0.25, -0.2) is 0 Å². The molecular weight excluding hydrogens is 180 g/mol. The van der Waals surface area contributed by atoms with Gasteiger partial charge in [0, 0.05) is 0 Å². The SMILES string of the molecule is CCc1c(CO)cc(OC)cc1CO. The summed E-state index contributed by atoms with van der Waals surface area (Å²) in [6, 6.07) is 3.61. The summed E-state index contributed by atoms with van der Waals surface area (Å²) in [6.07, 6.45) is 0.801. The molecule has 0 bridgehead atoms. The Morgan fingerprint density at radius 1 is 1.14 bits per heavy atom. The minimum atomic E-state index is -0.0205. The Bertz CT molecular complexity index is 282. The van der Waals surface area contributed by atoms with Crippen molar-refractivity contribution in [1.29, 1.82) is 0 Å². The molecule has 1 rings (SSSR count). The summed E-state index contributed by atoms with van der Waals surface area (Å²) in [5.41, 5.74) is 2.67. The van der Waals surface area contributed by atoms with Crippen LogP contribution < -0.4 is 4.74 Å². The molecule has 0 spiro atoms. The van der Waals surface area contributed by atoms with Crippen LogP contribution in [0.25, 0.3) is 0 Å². The van der Waals surface area contributed by atoms with Crippen molar-refractivity contribution in [3.8, 4) is 5.75 Å². The second-order valence-electron chi connectivity index (χ2n) is 3.09. The number of aliphatic hydroxyl groups is 2. The van der Waals surface area contributed by atoms with Gasteiger partial charge in [0.1, 0.15) is 5.75 Å². The van der Waals surface area contributed by atoms with Crippen molar-refractivity contribution >= 4 is 0 Å². The maximum absolute atomic E-state index is 9.15. The van der Waals surface area contributed by atoms with Gasteiger partial charge in [-0.2, -0.15) is 0 Å². The highest BCUT2D eigenvalue weighted by Gasteiger charge is 2.08. The van der Waals surface area contributed by atoms with E-state index >= 15 is 0 Å². The molecule has 1 aromatic rings. The van der Waals surface area contributed by atoms with Crippen LogP contribution >= 0.6 is 0 Å². The summed E-state index contributed by atoms with van der Waals surface area (Å²) >= 11 is 0. The highest BCUT2D eigenvalue weighted by Crippen LogP contribution is 2.23. The maximum atomic E-state index is 9.15. The first-order valence-corrected chi connectivity index (χ1v) is 4.67. The predicted molar refractivity (Wildman–Crippen MR) is 54.2 cm³/mol. The number of ether oxygens (including phenoxy) is 1. The van der Waals surface area contributed by atoms with Gasteiger partial charge in [-0.1, -0.05) is 6.92 Å². The largest absolute Gasteiger partial charge is 0.497 e. The van der Waals surface area contributed by atoms with E-state index in [1.54, 1.807) is 19.2 Å². The van der Waals surface area contributed by atoms with Crippen molar-refractivity contribution in [2.45, 2.75) is 26.6 Å². The molecule has 0 atom stereocenters. The summed E-state index contributed by atoms with van der Waals surface area (Å²) in [4.78, 5) is 0. The lowest BCUT2D eigenvalue weighted by atomic mass is 9.99. The molecule has 0 unspecified atom stereocenters. The predicted octanol–water partition coefficient (Wildman–Crippen LogP) is 1.24. The van der Waals surface area contributed by atoms with Gasteiger partial charge in [0.25, 0.3) is 0 Å². The van der Waals surface area contributed by atoms with Crippen LogP contribution in [0.3, 0.4) is 0 Å². The first-order valence-electron chi connectivity index (χ1n) is 4.67. The third-order valence-electron chi connectivity index (χ3n) is 2.34. The molecule has 0 aliphatic carbocycles. The first-order chi connectivity index (χ1) is 6.76. The lowest BCUT2D eigenvalue weighted by Crippen LogP contribution is -2.00. The van der Waals surface area contributed by atoms with Crippen LogP contribution in [0.2, 0.25) is 0 Å². The fourth-order valence-electron chi connectivity index (χ4n) is 1.62. The van der Waals surface area contributed by atoms with E-state index in [4.69, 9.17) is 14.9 Å². The van der Waals surface area contributed by atoms with Gasteiger partial charge in [-0.3, -0.25) is 0 Å². The monoisotopic (exact) mass is 196 g/mol. The average Bonchev–Trinajstić information content (AvgIpc) is 2.26. The van der Waals surface area contributed by atoms with Crippen LogP contribution in [0.5, 0.6) is 5.75 Å². The molecule has 3 nitrogen and oxygen atoms in total. The number of hydrogen-bond acceptors (Lipinski definition) is 3. The Morgan fingerprint density at radius 2 is 1.64 bits per heavy atom.